The number of thiophene rings is 1. The van der Waals surface area contributed by atoms with Gasteiger partial charge in [-0.25, -0.2) is 0 Å². The number of halogens is 1. The summed E-state index contributed by atoms with van der Waals surface area (Å²) < 4.78 is 6.43. The van der Waals surface area contributed by atoms with Crippen molar-refractivity contribution in [3.8, 4) is 11.5 Å². The molecule has 2 aromatic heterocycles. The number of nitrogens with zero attached hydrogens (tertiary/aromatic N) is 3. The molecule has 0 spiro atoms. The Morgan fingerprint density at radius 2 is 2.26 bits per heavy atom. The van der Waals surface area contributed by atoms with Crippen LogP contribution in [0.15, 0.2) is 19.8 Å². The predicted octanol–water partition coefficient (Wildman–Crippen LogP) is 2.53. The van der Waals surface area contributed by atoms with Crippen molar-refractivity contribution in [3.63, 3.8) is 0 Å². The second-order valence-corrected chi connectivity index (χ2v) is 6.85. The van der Waals surface area contributed by atoms with Gasteiger partial charge in [0.1, 0.15) is 0 Å². The highest BCUT2D eigenvalue weighted by atomic mass is 79.9. The van der Waals surface area contributed by atoms with Crippen LogP contribution in [-0.2, 0) is 0 Å². The van der Waals surface area contributed by atoms with Crippen molar-refractivity contribution < 1.29 is 4.52 Å². The van der Waals surface area contributed by atoms with Crippen LogP contribution in [0, 0.1) is 0 Å². The topological polar surface area (TPSA) is 54.2 Å². The van der Waals surface area contributed by atoms with E-state index in [1.54, 1.807) is 11.3 Å². The first-order valence-electron chi connectivity index (χ1n) is 6.27. The van der Waals surface area contributed by atoms with Gasteiger partial charge in [-0.1, -0.05) is 5.16 Å². The number of rotatable bonds is 3. The summed E-state index contributed by atoms with van der Waals surface area (Å²) in [6.07, 6.45) is 0. The van der Waals surface area contributed by atoms with E-state index in [0.717, 1.165) is 41.4 Å². The Bertz CT molecular complexity index is 549. The van der Waals surface area contributed by atoms with E-state index in [4.69, 9.17) is 4.52 Å². The van der Waals surface area contributed by atoms with Gasteiger partial charge in [-0.3, -0.25) is 4.90 Å². The Balaban J connectivity index is 1.76. The number of nitrogens with one attached hydrogen (secondary N) is 1. The van der Waals surface area contributed by atoms with Crippen LogP contribution in [0.5, 0.6) is 0 Å². The fourth-order valence-electron chi connectivity index (χ4n) is 2.18. The van der Waals surface area contributed by atoms with Gasteiger partial charge < -0.3 is 9.84 Å². The van der Waals surface area contributed by atoms with E-state index in [9.17, 15) is 0 Å². The van der Waals surface area contributed by atoms with Gasteiger partial charge in [0.2, 0.25) is 0 Å². The molecule has 1 fully saturated rings. The molecule has 0 aromatic carbocycles. The highest BCUT2D eigenvalue weighted by Crippen LogP contribution is 2.29. The molecule has 1 aliphatic rings. The maximum Gasteiger partial charge on any atom is 0.258 e. The van der Waals surface area contributed by atoms with Gasteiger partial charge in [0, 0.05) is 31.6 Å². The van der Waals surface area contributed by atoms with Gasteiger partial charge in [-0.2, -0.15) is 4.98 Å². The Hall–Kier alpha value is -0.760. The number of piperazine rings is 1. The van der Waals surface area contributed by atoms with Crippen molar-refractivity contribution in [3.05, 3.63) is 21.1 Å². The van der Waals surface area contributed by atoms with E-state index in [1.807, 2.05) is 11.4 Å². The van der Waals surface area contributed by atoms with Crippen LogP contribution >= 0.6 is 27.3 Å². The minimum absolute atomic E-state index is 0.196. The molecule has 0 radical (unpaired) electrons. The summed E-state index contributed by atoms with van der Waals surface area (Å²) in [6.45, 7) is 6.21. The fraction of sp³-hybridized carbons (Fsp3) is 0.500. The molecule has 0 bridgehead atoms. The number of hydrogen-bond donors (Lipinski definition) is 1. The maximum absolute atomic E-state index is 5.36. The fourth-order valence-corrected chi connectivity index (χ4v) is 3.31. The van der Waals surface area contributed by atoms with E-state index in [0.29, 0.717) is 5.89 Å². The van der Waals surface area contributed by atoms with E-state index in [-0.39, 0.29) is 6.04 Å². The van der Waals surface area contributed by atoms with Crippen molar-refractivity contribution in [1.29, 1.82) is 0 Å². The second-order valence-electron chi connectivity index (χ2n) is 4.56. The quantitative estimate of drug-likeness (QED) is 0.928. The summed E-state index contributed by atoms with van der Waals surface area (Å²) in [4.78, 5) is 6.88. The smallest absolute Gasteiger partial charge is 0.258 e. The van der Waals surface area contributed by atoms with Crippen molar-refractivity contribution in [2.24, 2.45) is 0 Å². The molecule has 19 heavy (non-hydrogen) atoms. The first-order chi connectivity index (χ1) is 9.24. The highest BCUT2D eigenvalue weighted by molar-refractivity contribution is 9.11. The molecule has 1 saturated heterocycles. The van der Waals surface area contributed by atoms with Crippen molar-refractivity contribution in [2.75, 3.05) is 26.2 Å². The van der Waals surface area contributed by atoms with Gasteiger partial charge in [-0.15, -0.1) is 11.3 Å². The van der Waals surface area contributed by atoms with Crippen molar-refractivity contribution in [2.45, 2.75) is 13.0 Å². The highest BCUT2D eigenvalue weighted by Gasteiger charge is 2.22. The van der Waals surface area contributed by atoms with E-state index in [2.05, 4.69) is 43.2 Å². The van der Waals surface area contributed by atoms with Gasteiger partial charge in [0.15, 0.2) is 5.82 Å². The van der Waals surface area contributed by atoms with E-state index in [1.165, 1.54) is 0 Å². The summed E-state index contributed by atoms with van der Waals surface area (Å²) in [5.74, 6) is 1.36. The molecule has 0 amide bonds. The maximum atomic E-state index is 5.36. The first kappa shape index (κ1) is 13.2. The summed E-state index contributed by atoms with van der Waals surface area (Å²) in [6, 6.07) is 2.19. The molecule has 3 heterocycles. The summed E-state index contributed by atoms with van der Waals surface area (Å²) in [5.41, 5.74) is 0.975. The zero-order chi connectivity index (χ0) is 13.2. The molecule has 1 atom stereocenters. The third kappa shape index (κ3) is 2.89. The zero-order valence-corrected chi connectivity index (χ0v) is 13.0. The van der Waals surface area contributed by atoms with Crippen LogP contribution < -0.4 is 5.32 Å². The summed E-state index contributed by atoms with van der Waals surface area (Å²) in [7, 11) is 0. The standard InChI is InChI=1S/C12H15BrN4OS/c1-8(17-4-2-14-3-5-17)11-15-12(18-16-11)9-6-10(13)19-7-9/h6-8,14H,2-5H2,1H3. The summed E-state index contributed by atoms with van der Waals surface area (Å²) in [5, 5.41) is 9.47. The molecule has 1 unspecified atom stereocenters. The molecule has 2 aromatic rings. The average Bonchev–Trinajstić information content (AvgIpc) is 3.07. The molecule has 1 aliphatic heterocycles. The number of aromatic nitrogens is 2. The second kappa shape index (κ2) is 5.70. The molecule has 0 saturated carbocycles. The minimum Gasteiger partial charge on any atom is -0.334 e. The predicted molar refractivity (Wildman–Crippen MR) is 78.2 cm³/mol. The Labute approximate surface area is 124 Å². The lowest BCUT2D eigenvalue weighted by molar-refractivity contribution is 0.176. The van der Waals surface area contributed by atoms with Crippen LogP contribution in [0.1, 0.15) is 18.8 Å². The zero-order valence-electron chi connectivity index (χ0n) is 10.6. The normalized spacial score (nSPS) is 18.6. The van der Waals surface area contributed by atoms with Gasteiger partial charge in [0.25, 0.3) is 5.89 Å². The van der Waals surface area contributed by atoms with Gasteiger partial charge >= 0.3 is 0 Å². The van der Waals surface area contributed by atoms with Gasteiger partial charge in [0.05, 0.1) is 15.4 Å². The van der Waals surface area contributed by atoms with Crippen LogP contribution in [0.4, 0.5) is 0 Å². The first-order valence-corrected chi connectivity index (χ1v) is 7.94. The average molecular weight is 343 g/mol. The lowest BCUT2D eigenvalue weighted by atomic mass is 10.2. The van der Waals surface area contributed by atoms with Gasteiger partial charge in [-0.05, 0) is 28.9 Å². The van der Waals surface area contributed by atoms with Crippen molar-refractivity contribution in [1.82, 2.24) is 20.4 Å². The minimum atomic E-state index is 0.196. The van der Waals surface area contributed by atoms with Crippen LogP contribution in [0.3, 0.4) is 0 Å². The monoisotopic (exact) mass is 342 g/mol. The van der Waals surface area contributed by atoms with Crippen LogP contribution in [0.25, 0.3) is 11.5 Å². The lowest BCUT2D eigenvalue weighted by Gasteiger charge is -2.30. The molecule has 102 valence electrons. The largest absolute Gasteiger partial charge is 0.334 e. The summed E-state index contributed by atoms with van der Waals surface area (Å²) >= 11 is 5.06. The third-order valence-electron chi connectivity index (χ3n) is 3.33. The van der Waals surface area contributed by atoms with Crippen LogP contribution in [-0.4, -0.2) is 41.2 Å². The van der Waals surface area contributed by atoms with Crippen LogP contribution in [0.2, 0.25) is 0 Å². The lowest BCUT2D eigenvalue weighted by Crippen LogP contribution is -2.44. The van der Waals surface area contributed by atoms with E-state index < -0.39 is 0 Å². The SMILES string of the molecule is CC(c1noc(-c2csc(Br)c2)n1)N1CCNCC1. The van der Waals surface area contributed by atoms with E-state index >= 15 is 0 Å². The molecule has 3 rings (SSSR count). The Morgan fingerprint density at radius 3 is 2.95 bits per heavy atom. The number of hydrogen-bond acceptors (Lipinski definition) is 6. The molecule has 7 heteroatoms. The molecule has 5 nitrogen and oxygen atoms in total. The molecular formula is C12H15BrN4OS. The molecule has 1 N–H and O–H groups in total. The third-order valence-corrected chi connectivity index (χ3v) is 4.83. The molecule has 0 aliphatic carbocycles. The Morgan fingerprint density at radius 1 is 1.47 bits per heavy atom. The molecular weight excluding hydrogens is 328 g/mol. The van der Waals surface area contributed by atoms with Crippen molar-refractivity contribution >= 4 is 27.3 Å². The Kier molecular flexibility index (Phi) is 3.97.